The van der Waals surface area contributed by atoms with E-state index < -0.39 is 11.9 Å². The summed E-state index contributed by atoms with van der Waals surface area (Å²) in [5, 5.41) is 11.6. The Balaban J connectivity index is 2.54. The van der Waals surface area contributed by atoms with Gasteiger partial charge in [-0.2, -0.15) is 0 Å². The minimum atomic E-state index is -0.909. The molecule has 5 nitrogen and oxygen atoms in total. The molecule has 0 bridgehead atoms. The van der Waals surface area contributed by atoms with Crippen molar-refractivity contribution in [1.82, 2.24) is 4.90 Å². The van der Waals surface area contributed by atoms with Gasteiger partial charge in [0.15, 0.2) is 0 Å². The number of hydrogen-bond donors (Lipinski definition) is 2. The van der Waals surface area contributed by atoms with Crippen molar-refractivity contribution in [2.24, 2.45) is 5.92 Å². The first kappa shape index (κ1) is 16.0. The number of carbonyl (C=O) groups excluding carboxylic acids is 1. The number of nitrogens with one attached hydrogen (secondary N) is 1. The summed E-state index contributed by atoms with van der Waals surface area (Å²) >= 11 is 0. The van der Waals surface area contributed by atoms with Crippen LogP contribution in [-0.4, -0.2) is 35.6 Å². The molecule has 1 atom stereocenters. The number of anilines is 1. The number of urea groups is 1. The zero-order valence-corrected chi connectivity index (χ0v) is 12.2. The Kier molecular flexibility index (Phi) is 6.03. The predicted octanol–water partition coefficient (Wildman–Crippen LogP) is 2.82. The molecule has 1 unspecified atom stereocenters. The van der Waals surface area contributed by atoms with Crippen molar-refractivity contribution in [2.45, 2.75) is 26.7 Å². The second-order valence-electron chi connectivity index (χ2n) is 5.00. The van der Waals surface area contributed by atoms with Crippen molar-refractivity contribution >= 4 is 17.7 Å². The first-order chi connectivity index (χ1) is 9.43. The van der Waals surface area contributed by atoms with Gasteiger partial charge in [-0.3, -0.25) is 4.79 Å². The minimum Gasteiger partial charge on any atom is -0.481 e. The minimum absolute atomic E-state index is 0.176. The summed E-state index contributed by atoms with van der Waals surface area (Å²) in [6, 6.07) is 7.38. The number of carboxylic acid groups (broad SMARTS) is 1. The van der Waals surface area contributed by atoms with Crippen LogP contribution in [0.3, 0.4) is 0 Å². The number of carboxylic acids is 1. The van der Waals surface area contributed by atoms with E-state index in [4.69, 9.17) is 5.11 Å². The van der Waals surface area contributed by atoms with E-state index in [1.807, 2.05) is 24.3 Å². The molecule has 2 N–H and O–H groups in total. The maximum atomic E-state index is 11.9. The van der Waals surface area contributed by atoms with Crippen molar-refractivity contribution in [3.8, 4) is 0 Å². The fourth-order valence-electron chi connectivity index (χ4n) is 1.83. The number of amides is 2. The molecule has 1 aromatic carbocycles. The summed E-state index contributed by atoms with van der Waals surface area (Å²) in [6.45, 7) is 3.87. The first-order valence-electron chi connectivity index (χ1n) is 6.78. The summed E-state index contributed by atoms with van der Waals surface area (Å²) in [5.41, 5.74) is 1.95. The fraction of sp³-hybridized carbons (Fsp3) is 0.467. The SMILES string of the molecule is CCCc1ccc(NC(=O)N(C)CC(C)C(=O)O)cc1. The van der Waals surface area contributed by atoms with Gasteiger partial charge >= 0.3 is 12.0 Å². The second kappa shape index (κ2) is 7.53. The van der Waals surface area contributed by atoms with Crippen LogP contribution in [0.5, 0.6) is 0 Å². The van der Waals surface area contributed by atoms with Gasteiger partial charge in [0.05, 0.1) is 5.92 Å². The van der Waals surface area contributed by atoms with E-state index in [-0.39, 0.29) is 12.6 Å². The summed E-state index contributed by atoms with van der Waals surface area (Å²) in [4.78, 5) is 24.0. The highest BCUT2D eigenvalue weighted by Crippen LogP contribution is 2.12. The number of nitrogens with zero attached hydrogens (tertiary/aromatic N) is 1. The Morgan fingerprint density at radius 1 is 1.30 bits per heavy atom. The van der Waals surface area contributed by atoms with Gasteiger partial charge in [-0.25, -0.2) is 4.79 Å². The van der Waals surface area contributed by atoms with Crippen LogP contribution in [0.15, 0.2) is 24.3 Å². The number of aliphatic carboxylic acids is 1. The van der Waals surface area contributed by atoms with E-state index in [1.54, 1.807) is 14.0 Å². The van der Waals surface area contributed by atoms with Gasteiger partial charge in [0.2, 0.25) is 0 Å². The van der Waals surface area contributed by atoms with Gasteiger partial charge in [0, 0.05) is 19.3 Å². The van der Waals surface area contributed by atoms with Crippen LogP contribution in [-0.2, 0) is 11.2 Å². The topological polar surface area (TPSA) is 69.6 Å². The zero-order valence-electron chi connectivity index (χ0n) is 12.2. The van der Waals surface area contributed by atoms with Crippen LogP contribution in [0.2, 0.25) is 0 Å². The Morgan fingerprint density at radius 3 is 2.40 bits per heavy atom. The molecule has 0 aliphatic heterocycles. The van der Waals surface area contributed by atoms with Crippen LogP contribution >= 0.6 is 0 Å². The quantitative estimate of drug-likeness (QED) is 0.840. The average Bonchev–Trinajstić information content (AvgIpc) is 2.41. The second-order valence-corrected chi connectivity index (χ2v) is 5.00. The van der Waals surface area contributed by atoms with Crippen LogP contribution in [0, 0.1) is 5.92 Å². The molecule has 1 aromatic rings. The molecule has 5 heteroatoms. The first-order valence-corrected chi connectivity index (χ1v) is 6.78. The molecule has 0 aliphatic rings. The predicted molar refractivity (Wildman–Crippen MR) is 78.9 cm³/mol. The Hall–Kier alpha value is -2.04. The molecule has 0 heterocycles. The number of carbonyl (C=O) groups is 2. The van der Waals surface area contributed by atoms with Crippen molar-refractivity contribution in [3.63, 3.8) is 0 Å². The van der Waals surface area contributed by atoms with Gasteiger partial charge in [-0.15, -0.1) is 0 Å². The van der Waals surface area contributed by atoms with Crippen LogP contribution in [0.1, 0.15) is 25.8 Å². The van der Waals surface area contributed by atoms with Crippen molar-refractivity contribution in [3.05, 3.63) is 29.8 Å². The fourth-order valence-corrected chi connectivity index (χ4v) is 1.83. The molecule has 0 fully saturated rings. The highest BCUT2D eigenvalue weighted by molar-refractivity contribution is 5.89. The van der Waals surface area contributed by atoms with Crippen LogP contribution in [0.25, 0.3) is 0 Å². The standard InChI is InChI=1S/C15H22N2O3/c1-4-5-12-6-8-13(9-7-12)16-15(20)17(3)10-11(2)14(18)19/h6-9,11H,4-5,10H2,1-3H3,(H,16,20)(H,18,19). The maximum absolute atomic E-state index is 11.9. The lowest BCUT2D eigenvalue weighted by Gasteiger charge is -2.20. The number of aryl methyl sites for hydroxylation is 1. The van der Waals surface area contributed by atoms with E-state index in [0.717, 1.165) is 12.8 Å². The lowest BCUT2D eigenvalue weighted by Crippen LogP contribution is -2.36. The molecular weight excluding hydrogens is 256 g/mol. The highest BCUT2D eigenvalue weighted by Gasteiger charge is 2.17. The number of hydrogen-bond acceptors (Lipinski definition) is 2. The summed E-state index contributed by atoms with van der Waals surface area (Å²) in [7, 11) is 1.58. The molecule has 110 valence electrons. The van der Waals surface area contributed by atoms with Crippen molar-refractivity contribution < 1.29 is 14.7 Å². The van der Waals surface area contributed by atoms with Gasteiger partial charge in [0.1, 0.15) is 0 Å². The summed E-state index contributed by atoms with van der Waals surface area (Å²) < 4.78 is 0. The lowest BCUT2D eigenvalue weighted by molar-refractivity contribution is -0.141. The van der Waals surface area contributed by atoms with E-state index in [2.05, 4.69) is 12.2 Å². The van der Waals surface area contributed by atoms with Gasteiger partial charge in [-0.1, -0.05) is 32.4 Å². The Bertz CT molecular complexity index is 457. The largest absolute Gasteiger partial charge is 0.481 e. The number of benzene rings is 1. The van der Waals surface area contributed by atoms with Crippen LogP contribution < -0.4 is 5.32 Å². The normalized spacial score (nSPS) is 11.8. The van der Waals surface area contributed by atoms with Crippen molar-refractivity contribution in [2.75, 3.05) is 18.9 Å². The number of rotatable bonds is 6. The van der Waals surface area contributed by atoms with E-state index >= 15 is 0 Å². The molecule has 0 saturated carbocycles. The third kappa shape index (κ3) is 4.91. The molecule has 2 amide bonds. The molecule has 1 rings (SSSR count). The molecule has 0 spiro atoms. The Morgan fingerprint density at radius 2 is 1.90 bits per heavy atom. The van der Waals surface area contributed by atoms with E-state index in [9.17, 15) is 9.59 Å². The maximum Gasteiger partial charge on any atom is 0.321 e. The lowest BCUT2D eigenvalue weighted by atomic mass is 10.1. The van der Waals surface area contributed by atoms with Gasteiger partial charge < -0.3 is 15.3 Å². The van der Waals surface area contributed by atoms with E-state index in [0.29, 0.717) is 5.69 Å². The molecular formula is C15H22N2O3. The third-order valence-corrected chi connectivity index (χ3v) is 3.06. The van der Waals surface area contributed by atoms with Gasteiger partial charge in [0.25, 0.3) is 0 Å². The molecule has 20 heavy (non-hydrogen) atoms. The average molecular weight is 278 g/mol. The highest BCUT2D eigenvalue weighted by atomic mass is 16.4. The van der Waals surface area contributed by atoms with Gasteiger partial charge in [-0.05, 0) is 24.1 Å². The molecule has 0 radical (unpaired) electrons. The molecule has 0 saturated heterocycles. The molecule has 0 aliphatic carbocycles. The molecule has 0 aromatic heterocycles. The summed E-state index contributed by atoms with van der Waals surface area (Å²) in [6.07, 6.45) is 2.10. The zero-order chi connectivity index (χ0) is 15.1. The van der Waals surface area contributed by atoms with Crippen molar-refractivity contribution in [1.29, 1.82) is 0 Å². The summed E-state index contributed by atoms with van der Waals surface area (Å²) in [5.74, 6) is -1.49. The monoisotopic (exact) mass is 278 g/mol. The van der Waals surface area contributed by atoms with Crippen LogP contribution in [0.4, 0.5) is 10.5 Å². The Labute approximate surface area is 119 Å². The third-order valence-electron chi connectivity index (χ3n) is 3.06. The smallest absolute Gasteiger partial charge is 0.321 e. The van der Waals surface area contributed by atoms with E-state index in [1.165, 1.54) is 10.5 Å².